The summed E-state index contributed by atoms with van der Waals surface area (Å²) < 4.78 is 2.75. The lowest BCUT2D eigenvalue weighted by atomic mass is 10.1. The normalized spacial score (nSPS) is 13.0. The Hall–Kier alpha value is 0.670. The minimum Gasteiger partial charge on any atom is -0.309 e. The van der Waals surface area contributed by atoms with E-state index in [0.29, 0.717) is 0 Å². The predicted octanol–water partition coefficient (Wildman–Crippen LogP) is 5.03. The van der Waals surface area contributed by atoms with Gasteiger partial charge < -0.3 is 5.32 Å². The van der Waals surface area contributed by atoms with Crippen molar-refractivity contribution in [3.05, 3.63) is 40.2 Å². The maximum atomic E-state index is 6.17. The first kappa shape index (κ1) is 13.1. The fourth-order valence-corrected chi connectivity index (χ4v) is 4.46. The molecule has 0 aromatic carbocycles. The monoisotopic (exact) mass is 403 g/mol. The van der Waals surface area contributed by atoms with Crippen LogP contribution in [0.4, 0.5) is 0 Å². The van der Waals surface area contributed by atoms with Gasteiger partial charge in [-0.05, 0) is 52.7 Å². The van der Waals surface area contributed by atoms with Crippen LogP contribution in [-0.2, 0) is 0 Å². The third-order valence-corrected chi connectivity index (χ3v) is 5.53. The summed E-state index contributed by atoms with van der Waals surface area (Å²) in [5.41, 5.74) is 2.28. The molecule has 0 aliphatic rings. The lowest BCUT2D eigenvalue weighted by Gasteiger charge is -2.13. The molecule has 1 N–H and O–H groups in total. The van der Waals surface area contributed by atoms with Gasteiger partial charge in [-0.15, -0.1) is 22.7 Å². The average molecular weight is 404 g/mol. The smallest absolute Gasteiger partial charge is 0.0995 e. The maximum absolute atomic E-state index is 6.17. The summed E-state index contributed by atoms with van der Waals surface area (Å²) in [4.78, 5) is 0. The molecule has 2 aromatic rings. The molecule has 0 aliphatic heterocycles. The van der Waals surface area contributed by atoms with Gasteiger partial charge in [-0.1, -0.05) is 23.2 Å². The summed E-state index contributed by atoms with van der Waals surface area (Å²) in [5, 5.41) is 5.41. The van der Waals surface area contributed by atoms with Crippen molar-refractivity contribution in [2.24, 2.45) is 0 Å². The van der Waals surface area contributed by atoms with Crippen LogP contribution in [0.3, 0.4) is 0 Å². The molecule has 1 atom stereocenters. The van der Waals surface area contributed by atoms with E-state index in [0.717, 1.165) is 14.2 Å². The van der Waals surface area contributed by atoms with E-state index in [-0.39, 0.29) is 6.04 Å². The molecule has 0 amide bonds. The number of nitrogens with one attached hydrogen (secondary N) is 1. The maximum Gasteiger partial charge on any atom is 0.0995 e. The van der Waals surface area contributed by atoms with Crippen LogP contribution in [0.2, 0.25) is 8.67 Å². The molecule has 2 rings (SSSR count). The Bertz CT molecular complexity index is 495. The summed E-state index contributed by atoms with van der Waals surface area (Å²) in [6, 6.07) is 4.21. The van der Waals surface area contributed by atoms with Gasteiger partial charge in [-0.25, -0.2) is 0 Å². The van der Waals surface area contributed by atoms with Crippen molar-refractivity contribution in [3.8, 4) is 0 Å². The lowest BCUT2D eigenvalue weighted by molar-refractivity contribution is 0.697. The number of hydrogen-bond donors (Lipinski definition) is 1. The topological polar surface area (TPSA) is 12.0 Å². The van der Waals surface area contributed by atoms with E-state index in [4.69, 9.17) is 23.2 Å². The fraction of sp³-hybridized carbons (Fsp3) is 0.200. The van der Waals surface area contributed by atoms with Crippen molar-refractivity contribution in [1.82, 2.24) is 5.32 Å². The SMILES string of the molecule is CNC(c1csc(I)c1)c1cc(Cl)sc1Cl. The summed E-state index contributed by atoms with van der Waals surface area (Å²) in [6.45, 7) is 0. The van der Waals surface area contributed by atoms with E-state index in [1.165, 1.54) is 19.8 Å². The third-order valence-electron chi connectivity index (χ3n) is 2.20. The molecule has 0 saturated carbocycles. The largest absolute Gasteiger partial charge is 0.309 e. The molecule has 16 heavy (non-hydrogen) atoms. The molecule has 6 heteroatoms. The van der Waals surface area contributed by atoms with E-state index in [9.17, 15) is 0 Å². The van der Waals surface area contributed by atoms with Crippen molar-refractivity contribution < 1.29 is 0 Å². The number of rotatable bonds is 3. The van der Waals surface area contributed by atoms with Crippen molar-refractivity contribution >= 4 is 68.5 Å². The van der Waals surface area contributed by atoms with E-state index in [2.05, 4.69) is 39.4 Å². The fourth-order valence-electron chi connectivity index (χ4n) is 1.53. The van der Waals surface area contributed by atoms with Crippen LogP contribution < -0.4 is 5.32 Å². The number of hydrogen-bond acceptors (Lipinski definition) is 3. The Kier molecular flexibility index (Phi) is 4.54. The van der Waals surface area contributed by atoms with E-state index < -0.39 is 0 Å². The number of thiophene rings is 2. The highest BCUT2D eigenvalue weighted by molar-refractivity contribution is 14.1. The zero-order valence-electron chi connectivity index (χ0n) is 8.26. The lowest BCUT2D eigenvalue weighted by Crippen LogP contribution is -2.16. The standard InChI is InChI=1S/C10H8Cl2INS2/c1-14-9(5-2-8(13)15-4-5)6-3-7(11)16-10(6)12/h2-4,9,14H,1H3. The van der Waals surface area contributed by atoms with Gasteiger partial charge in [0.15, 0.2) is 0 Å². The van der Waals surface area contributed by atoms with Crippen LogP contribution in [0, 0.1) is 2.88 Å². The van der Waals surface area contributed by atoms with Gasteiger partial charge in [0.1, 0.15) is 0 Å². The molecule has 2 aromatic heterocycles. The summed E-state index contributed by atoms with van der Waals surface area (Å²) in [6.07, 6.45) is 0. The minimum atomic E-state index is 0.121. The van der Waals surface area contributed by atoms with E-state index in [1.54, 1.807) is 11.3 Å². The van der Waals surface area contributed by atoms with Gasteiger partial charge in [0.2, 0.25) is 0 Å². The molecule has 0 bridgehead atoms. The molecule has 0 aliphatic carbocycles. The highest BCUT2D eigenvalue weighted by Gasteiger charge is 2.18. The zero-order chi connectivity index (χ0) is 11.7. The number of halogens is 3. The third kappa shape index (κ3) is 2.73. The molecule has 0 spiro atoms. The first-order valence-corrected chi connectivity index (χ1v) is 8.01. The molecule has 1 unspecified atom stereocenters. The van der Waals surface area contributed by atoms with Crippen LogP contribution in [0.15, 0.2) is 17.5 Å². The van der Waals surface area contributed by atoms with Crippen LogP contribution in [0.25, 0.3) is 0 Å². The quantitative estimate of drug-likeness (QED) is 0.708. The van der Waals surface area contributed by atoms with Crippen LogP contribution >= 0.6 is 68.5 Å². The molecule has 2 heterocycles. The van der Waals surface area contributed by atoms with Crippen LogP contribution in [0.1, 0.15) is 17.2 Å². The van der Waals surface area contributed by atoms with Gasteiger partial charge >= 0.3 is 0 Å². The van der Waals surface area contributed by atoms with Crippen LogP contribution in [-0.4, -0.2) is 7.05 Å². The second-order valence-electron chi connectivity index (χ2n) is 3.19. The van der Waals surface area contributed by atoms with Crippen molar-refractivity contribution in [2.75, 3.05) is 7.05 Å². The summed E-state index contributed by atoms with van der Waals surface area (Å²) in [5.74, 6) is 0. The molecule has 0 saturated heterocycles. The second-order valence-corrected chi connectivity index (χ2v) is 8.28. The Morgan fingerprint density at radius 3 is 2.56 bits per heavy atom. The molecule has 0 fully saturated rings. The molecule has 86 valence electrons. The molecular formula is C10H8Cl2INS2. The zero-order valence-corrected chi connectivity index (χ0v) is 13.6. The first-order chi connectivity index (χ1) is 7.61. The van der Waals surface area contributed by atoms with Crippen LogP contribution in [0.5, 0.6) is 0 Å². The minimum absolute atomic E-state index is 0.121. The van der Waals surface area contributed by atoms with Crippen molar-refractivity contribution in [1.29, 1.82) is 0 Å². The Morgan fingerprint density at radius 1 is 1.38 bits per heavy atom. The average Bonchev–Trinajstić information content (AvgIpc) is 2.76. The van der Waals surface area contributed by atoms with Gasteiger partial charge in [-0.2, -0.15) is 0 Å². The predicted molar refractivity (Wildman–Crippen MR) is 82.3 cm³/mol. The van der Waals surface area contributed by atoms with Gasteiger partial charge in [0.05, 0.1) is 17.6 Å². The molecule has 0 radical (unpaired) electrons. The summed E-state index contributed by atoms with van der Waals surface area (Å²) >= 11 is 17.6. The van der Waals surface area contributed by atoms with Crippen molar-refractivity contribution in [3.63, 3.8) is 0 Å². The molecule has 1 nitrogen and oxygen atoms in total. The van der Waals surface area contributed by atoms with Gasteiger partial charge in [0.25, 0.3) is 0 Å². The Balaban J connectivity index is 2.40. The highest BCUT2D eigenvalue weighted by Crippen LogP contribution is 2.38. The highest BCUT2D eigenvalue weighted by atomic mass is 127. The van der Waals surface area contributed by atoms with Crippen molar-refractivity contribution in [2.45, 2.75) is 6.04 Å². The Morgan fingerprint density at radius 2 is 2.12 bits per heavy atom. The first-order valence-electron chi connectivity index (χ1n) is 4.47. The van der Waals surface area contributed by atoms with Gasteiger partial charge in [0, 0.05) is 5.56 Å². The van der Waals surface area contributed by atoms with E-state index in [1.807, 2.05) is 13.1 Å². The molecular weight excluding hydrogens is 396 g/mol. The van der Waals surface area contributed by atoms with E-state index >= 15 is 0 Å². The summed E-state index contributed by atoms with van der Waals surface area (Å²) in [7, 11) is 1.93. The second kappa shape index (κ2) is 5.54. The van der Waals surface area contributed by atoms with Gasteiger partial charge in [-0.3, -0.25) is 0 Å². The Labute approximate surface area is 126 Å².